The normalized spacial score (nSPS) is 11.1. The van der Waals surface area contributed by atoms with Crippen molar-refractivity contribution in [3.8, 4) is 17.4 Å². The van der Waals surface area contributed by atoms with Crippen molar-refractivity contribution in [2.24, 2.45) is 0 Å². The van der Waals surface area contributed by atoms with Gasteiger partial charge in [0, 0.05) is 23.5 Å². The zero-order valence-electron chi connectivity index (χ0n) is 14.1. The summed E-state index contributed by atoms with van der Waals surface area (Å²) in [6.45, 7) is 0. The third-order valence-electron chi connectivity index (χ3n) is 4.67. The maximum absolute atomic E-state index is 12.6. The summed E-state index contributed by atoms with van der Waals surface area (Å²) in [7, 11) is 0. The fraction of sp³-hybridized carbons (Fsp3) is 0. The second-order valence-corrected chi connectivity index (χ2v) is 6.21. The summed E-state index contributed by atoms with van der Waals surface area (Å²) in [6.07, 6.45) is 4.84. The Hall–Kier alpha value is -4.11. The lowest BCUT2D eigenvalue weighted by Gasteiger charge is -2.10. The first-order valence-electron chi connectivity index (χ1n) is 8.42. The molecule has 0 amide bonds. The number of aromatic amines is 1. The first-order valence-corrected chi connectivity index (χ1v) is 8.42. The van der Waals surface area contributed by atoms with Crippen molar-refractivity contribution >= 4 is 22.1 Å². The fourth-order valence-electron chi connectivity index (χ4n) is 3.43. The topological polar surface area (TPSA) is 79.4 Å². The molecular formula is C21H13N5O. The lowest BCUT2D eigenvalue weighted by atomic mass is 10.2. The van der Waals surface area contributed by atoms with Crippen LogP contribution in [-0.4, -0.2) is 19.1 Å². The molecule has 0 bridgehead atoms. The predicted molar refractivity (Wildman–Crippen MR) is 103 cm³/mol. The average molecular weight is 351 g/mol. The lowest BCUT2D eigenvalue weighted by Crippen LogP contribution is -2.18. The van der Waals surface area contributed by atoms with Crippen LogP contribution in [0, 0.1) is 11.3 Å². The predicted octanol–water partition coefficient (Wildman–Crippen LogP) is 3.53. The number of aromatic nitrogens is 4. The Morgan fingerprint density at radius 1 is 1.04 bits per heavy atom. The second kappa shape index (κ2) is 5.71. The van der Waals surface area contributed by atoms with E-state index in [0.29, 0.717) is 22.4 Å². The molecule has 3 aromatic heterocycles. The Kier molecular flexibility index (Phi) is 3.21. The molecule has 0 saturated heterocycles. The van der Waals surface area contributed by atoms with Gasteiger partial charge < -0.3 is 9.55 Å². The number of hydrogen-bond donors (Lipinski definition) is 1. The molecule has 27 heavy (non-hydrogen) atoms. The van der Waals surface area contributed by atoms with Crippen LogP contribution in [0.4, 0.5) is 0 Å². The molecule has 6 nitrogen and oxygen atoms in total. The molecule has 1 N–H and O–H groups in total. The highest BCUT2D eigenvalue weighted by atomic mass is 16.1. The Balaban J connectivity index is 1.82. The molecule has 3 heterocycles. The summed E-state index contributed by atoms with van der Waals surface area (Å²) in [5, 5.41) is 10.5. The van der Waals surface area contributed by atoms with Gasteiger partial charge in [0.15, 0.2) is 5.65 Å². The summed E-state index contributed by atoms with van der Waals surface area (Å²) in [5.41, 5.74) is 3.80. The van der Waals surface area contributed by atoms with Gasteiger partial charge in [-0.2, -0.15) is 5.26 Å². The van der Waals surface area contributed by atoms with Crippen molar-refractivity contribution < 1.29 is 0 Å². The SMILES string of the molecule is N#Cc1c[nH]c2ncc(=O)n(-c3ccc4ccn(-c5ccccc5)c4c3)c12. The molecule has 0 unspecified atom stereocenters. The molecule has 0 fully saturated rings. The first-order chi connectivity index (χ1) is 13.3. The van der Waals surface area contributed by atoms with Crippen LogP contribution in [0.1, 0.15) is 5.56 Å². The average Bonchev–Trinajstić information content (AvgIpc) is 3.32. The van der Waals surface area contributed by atoms with E-state index in [9.17, 15) is 10.1 Å². The van der Waals surface area contributed by atoms with E-state index in [2.05, 4.69) is 20.6 Å². The smallest absolute Gasteiger partial charge is 0.274 e. The van der Waals surface area contributed by atoms with Gasteiger partial charge in [-0.1, -0.05) is 24.3 Å². The number of fused-ring (bicyclic) bond motifs is 2. The van der Waals surface area contributed by atoms with Crippen molar-refractivity contribution in [2.45, 2.75) is 0 Å². The van der Waals surface area contributed by atoms with Gasteiger partial charge in [0.2, 0.25) is 0 Å². The van der Waals surface area contributed by atoms with Crippen LogP contribution >= 0.6 is 0 Å². The van der Waals surface area contributed by atoms with E-state index in [1.807, 2.05) is 60.8 Å². The number of benzene rings is 2. The van der Waals surface area contributed by atoms with Crippen molar-refractivity contribution in [1.29, 1.82) is 5.26 Å². The molecule has 2 aromatic carbocycles. The molecule has 128 valence electrons. The van der Waals surface area contributed by atoms with Crippen molar-refractivity contribution in [2.75, 3.05) is 0 Å². The molecule has 5 aromatic rings. The Morgan fingerprint density at radius 2 is 1.89 bits per heavy atom. The molecule has 6 heteroatoms. The van der Waals surface area contributed by atoms with Crippen LogP contribution in [0.3, 0.4) is 0 Å². The highest BCUT2D eigenvalue weighted by Gasteiger charge is 2.14. The summed E-state index contributed by atoms with van der Waals surface area (Å²) >= 11 is 0. The molecule has 0 aliphatic heterocycles. The van der Waals surface area contributed by atoms with Crippen LogP contribution in [0.15, 0.2) is 78.0 Å². The van der Waals surface area contributed by atoms with Gasteiger partial charge in [0.05, 0.1) is 23.0 Å². The summed E-state index contributed by atoms with van der Waals surface area (Å²) in [4.78, 5) is 19.7. The van der Waals surface area contributed by atoms with Crippen molar-refractivity contribution in [3.63, 3.8) is 0 Å². The number of nitrogens with zero attached hydrogens (tertiary/aromatic N) is 4. The third kappa shape index (κ3) is 2.26. The number of hydrogen-bond acceptors (Lipinski definition) is 3. The van der Waals surface area contributed by atoms with Gasteiger partial charge in [0.25, 0.3) is 5.56 Å². The van der Waals surface area contributed by atoms with E-state index < -0.39 is 0 Å². The third-order valence-corrected chi connectivity index (χ3v) is 4.67. The summed E-state index contributed by atoms with van der Waals surface area (Å²) in [6, 6.07) is 20.0. The number of H-pyrrole nitrogens is 1. The van der Waals surface area contributed by atoms with Gasteiger partial charge in [-0.25, -0.2) is 4.98 Å². The summed E-state index contributed by atoms with van der Waals surface area (Å²) < 4.78 is 3.60. The van der Waals surface area contributed by atoms with Gasteiger partial charge >= 0.3 is 0 Å². The van der Waals surface area contributed by atoms with Crippen LogP contribution in [0.5, 0.6) is 0 Å². The maximum Gasteiger partial charge on any atom is 0.274 e. The van der Waals surface area contributed by atoms with E-state index in [1.54, 1.807) is 6.20 Å². The maximum atomic E-state index is 12.6. The molecule has 0 radical (unpaired) electrons. The molecule has 0 aliphatic rings. The minimum Gasteiger partial charge on any atom is -0.343 e. The van der Waals surface area contributed by atoms with Gasteiger partial charge in [-0.3, -0.25) is 9.36 Å². The highest BCUT2D eigenvalue weighted by molar-refractivity contribution is 5.86. The largest absolute Gasteiger partial charge is 0.343 e. The van der Waals surface area contributed by atoms with Crippen LogP contribution < -0.4 is 5.56 Å². The number of nitrogens with one attached hydrogen (secondary N) is 1. The van der Waals surface area contributed by atoms with E-state index in [0.717, 1.165) is 16.6 Å². The van der Waals surface area contributed by atoms with E-state index in [1.165, 1.54) is 10.8 Å². The fourth-order valence-corrected chi connectivity index (χ4v) is 3.43. The molecule has 0 atom stereocenters. The number of rotatable bonds is 2. The monoisotopic (exact) mass is 351 g/mol. The molecule has 5 rings (SSSR count). The van der Waals surface area contributed by atoms with Gasteiger partial charge in [0.1, 0.15) is 11.6 Å². The van der Waals surface area contributed by atoms with Gasteiger partial charge in [-0.15, -0.1) is 0 Å². The van der Waals surface area contributed by atoms with Crippen molar-refractivity contribution in [3.05, 3.63) is 89.1 Å². The zero-order chi connectivity index (χ0) is 18.4. The standard InChI is InChI=1S/C21H13N5O/c22-11-15-12-23-21-20(15)26(19(27)13-24-21)17-7-6-14-8-9-25(18(14)10-17)16-4-2-1-3-5-16/h1-10,12-13,23H. The van der Waals surface area contributed by atoms with Crippen molar-refractivity contribution in [1.82, 2.24) is 19.1 Å². The van der Waals surface area contributed by atoms with Gasteiger partial charge in [-0.05, 0) is 30.3 Å². The highest BCUT2D eigenvalue weighted by Crippen LogP contribution is 2.25. The molecular weight excluding hydrogens is 338 g/mol. The van der Waals surface area contributed by atoms with Crippen LogP contribution in [0.25, 0.3) is 33.4 Å². The van der Waals surface area contributed by atoms with E-state index in [4.69, 9.17) is 0 Å². The molecule has 0 saturated carbocycles. The van der Waals surface area contributed by atoms with Crippen LogP contribution in [0.2, 0.25) is 0 Å². The van der Waals surface area contributed by atoms with E-state index >= 15 is 0 Å². The lowest BCUT2D eigenvalue weighted by molar-refractivity contribution is 1.01. The number of para-hydroxylation sites is 1. The van der Waals surface area contributed by atoms with Crippen LogP contribution in [-0.2, 0) is 0 Å². The molecule has 0 aliphatic carbocycles. The Bertz CT molecular complexity index is 1400. The number of nitriles is 1. The Morgan fingerprint density at radius 3 is 2.70 bits per heavy atom. The van der Waals surface area contributed by atoms with E-state index in [-0.39, 0.29) is 5.56 Å². The zero-order valence-corrected chi connectivity index (χ0v) is 14.1. The minimum atomic E-state index is -0.282. The quantitative estimate of drug-likeness (QED) is 0.528. The second-order valence-electron chi connectivity index (χ2n) is 6.21. The molecule has 0 spiro atoms. The minimum absolute atomic E-state index is 0.282. The summed E-state index contributed by atoms with van der Waals surface area (Å²) in [5.74, 6) is 0. The first kappa shape index (κ1) is 15.2. The Labute approximate surface area is 153 Å².